The molecule has 0 spiro atoms. The zero-order valence-corrected chi connectivity index (χ0v) is 14.6. The molecule has 1 N–H and O–H groups in total. The zero-order valence-electron chi connectivity index (χ0n) is 13.8. The van der Waals surface area contributed by atoms with E-state index in [-0.39, 0.29) is 0 Å². The Balaban J connectivity index is 2.46. The van der Waals surface area contributed by atoms with Crippen molar-refractivity contribution in [3.63, 3.8) is 0 Å². The Morgan fingerprint density at radius 3 is 2.75 bits per heavy atom. The predicted molar refractivity (Wildman–Crippen MR) is 102 cm³/mol. The lowest BCUT2D eigenvalue weighted by molar-refractivity contribution is -0.136. The van der Waals surface area contributed by atoms with Crippen LogP contribution in [0, 0.1) is 0 Å². The smallest absolute Gasteiger partial charge is 0.316 e. The topological polar surface area (TPSA) is 62.5 Å². The van der Waals surface area contributed by atoms with Crippen molar-refractivity contribution < 1.29 is 9.90 Å². The van der Waals surface area contributed by atoms with Gasteiger partial charge >= 0.3 is 5.97 Å². The number of rotatable bonds is 7. The number of benzene rings is 1. The van der Waals surface area contributed by atoms with Crippen LogP contribution in [0.2, 0.25) is 0 Å². The number of pyridine rings is 1. The van der Waals surface area contributed by atoms with Crippen molar-refractivity contribution in [1.29, 1.82) is 0 Å². The lowest BCUT2D eigenvalue weighted by Gasteiger charge is -2.15. The zero-order chi connectivity index (χ0) is 17.5. The first-order valence-electron chi connectivity index (χ1n) is 7.69. The summed E-state index contributed by atoms with van der Waals surface area (Å²) in [6.07, 6.45) is 4.22. The number of thioether (sulfide) groups is 1. The van der Waals surface area contributed by atoms with Crippen LogP contribution in [-0.2, 0) is 4.79 Å². The van der Waals surface area contributed by atoms with Crippen molar-refractivity contribution in [2.24, 2.45) is 4.99 Å². The van der Waals surface area contributed by atoms with Crippen molar-refractivity contribution >= 4 is 35.0 Å². The summed E-state index contributed by atoms with van der Waals surface area (Å²) in [4.78, 5) is 20.7. The summed E-state index contributed by atoms with van der Waals surface area (Å²) in [6, 6.07) is 11.6. The summed E-state index contributed by atoms with van der Waals surface area (Å²) in [5.41, 5.74) is 3.43. The second kappa shape index (κ2) is 8.45. The highest BCUT2D eigenvalue weighted by atomic mass is 32.2. The highest BCUT2D eigenvalue weighted by Gasteiger charge is 2.20. The Kier molecular flexibility index (Phi) is 6.32. The molecule has 1 atom stereocenters. The summed E-state index contributed by atoms with van der Waals surface area (Å²) >= 11 is 1.34. The average Bonchev–Trinajstić information content (AvgIpc) is 2.62. The molecule has 2 aromatic rings. The number of carbonyl (C=O) groups is 1. The van der Waals surface area contributed by atoms with Gasteiger partial charge in [0, 0.05) is 22.2 Å². The molecule has 0 amide bonds. The maximum absolute atomic E-state index is 11.4. The third-order valence-electron chi connectivity index (χ3n) is 3.57. The van der Waals surface area contributed by atoms with Crippen molar-refractivity contribution in [1.82, 2.24) is 4.98 Å². The van der Waals surface area contributed by atoms with Gasteiger partial charge in [0.2, 0.25) is 0 Å². The minimum Gasteiger partial charge on any atom is -0.480 e. The molecule has 0 saturated heterocycles. The van der Waals surface area contributed by atoms with Crippen molar-refractivity contribution in [3.8, 4) is 11.3 Å². The number of carboxylic acid groups (broad SMARTS) is 1. The molecule has 1 unspecified atom stereocenters. The molecule has 0 fully saturated rings. The van der Waals surface area contributed by atoms with E-state index in [9.17, 15) is 9.90 Å². The van der Waals surface area contributed by atoms with Gasteiger partial charge in [0.15, 0.2) is 0 Å². The van der Waals surface area contributed by atoms with Crippen LogP contribution < -0.4 is 0 Å². The van der Waals surface area contributed by atoms with Gasteiger partial charge in [-0.25, -0.2) is 0 Å². The summed E-state index contributed by atoms with van der Waals surface area (Å²) in [7, 11) is 0. The third kappa shape index (κ3) is 4.11. The minimum absolute atomic E-state index is 0.493. The van der Waals surface area contributed by atoms with Gasteiger partial charge in [-0.05, 0) is 44.3 Å². The Hall–Kier alpha value is -2.40. The number of aliphatic imine (C=N–C) groups is 1. The van der Waals surface area contributed by atoms with Gasteiger partial charge in [0.1, 0.15) is 5.25 Å². The van der Waals surface area contributed by atoms with Crippen molar-refractivity contribution in [3.05, 3.63) is 54.2 Å². The molecule has 0 aliphatic carbocycles. The van der Waals surface area contributed by atoms with Crippen LogP contribution >= 0.6 is 11.8 Å². The molecule has 24 heavy (non-hydrogen) atoms. The fourth-order valence-electron chi connectivity index (χ4n) is 2.31. The molecular weight excluding hydrogens is 320 g/mol. The molecule has 124 valence electrons. The van der Waals surface area contributed by atoms with Gasteiger partial charge in [0.05, 0.1) is 11.4 Å². The molecule has 2 rings (SSSR count). The maximum Gasteiger partial charge on any atom is 0.316 e. The van der Waals surface area contributed by atoms with Crippen LogP contribution in [-0.4, -0.2) is 28.0 Å². The van der Waals surface area contributed by atoms with Gasteiger partial charge < -0.3 is 5.11 Å². The van der Waals surface area contributed by atoms with E-state index in [1.165, 1.54) is 11.8 Å². The largest absolute Gasteiger partial charge is 0.480 e. The van der Waals surface area contributed by atoms with E-state index in [1.807, 2.05) is 56.3 Å². The highest BCUT2D eigenvalue weighted by molar-refractivity contribution is 8.09. The number of allylic oxidation sites excluding steroid dienone is 1. The van der Waals surface area contributed by atoms with Crippen LogP contribution in [0.5, 0.6) is 0 Å². The van der Waals surface area contributed by atoms with Gasteiger partial charge in [-0.3, -0.25) is 14.8 Å². The van der Waals surface area contributed by atoms with E-state index in [1.54, 1.807) is 6.20 Å². The summed E-state index contributed by atoms with van der Waals surface area (Å²) in [6.45, 7) is 7.40. The quantitative estimate of drug-likeness (QED) is 0.717. The first kappa shape index (κ1) is 17.9. The standard InChI is InChI=1S/C19H20N2O2S/c1-4-17(24-18(5-2)19(22)23)14-12-13(9-10-16(14)20-3)15-8-6-7-11-21-15/h4,6-12,18H,3,5H2,1-2H3,(H,22,23)/b17-4+. The van der Waals surface area contributed by atoms with Gasteiger partial charge in [-0.2, -0.15) is 0 Å². The molecule has 4 nitrogen and oxygen atoms in total. The molecule has 1 aromatic heterocycles. The van der Waals surface area contributed by atoms with E-state index < -0.39 is 11.2 Å². The molecule has 0 saturated carbocycles. The van der Waals surface area contributed by atoms with E-state index in [0.29, 0.717) is 6.42 Å². The van der Waals surface area contributed by atoms with E-state index in [2.05, 4.69) is 16.7 Å². The van der Waals surface area contributed by atoms with Crippen LogP contribution in [0.3, 0.4) is 0 Å². The second-order valence-electron chi connectivity index (χ2n) is 5.11. The monoisotopic (exact) mass is 340 g/mol. The average molecular weight is 340 g/mol. The SMILES string of the molecule is C=Nc1ccc(-c2ccccn2)cc1/C(=C\C)SC(CC)C(=O)O. The fraction of sp³-hybridized carbons (Fsp3) is 0.211. The summed E-state index contributed by atoms with van der Waals surface area (Å²) in [5.74, 6) is -0.809. The molecule has 1 heterocycles. The van der Waals surface area contributed by atoms with Gasteiger partial charge in [-0.15, -0.1) is 11.8 Å². The Morgan fingerprint density at radius 1 is 1.42 bits per heavy atom. The van der Waals surface area contributed by atoms with Gasteiger partial charge in [0.25, 0.3) is 0 Å². The highest BCUT2D eigenvalue weighted by Crippen LogP contribution is 2.39. The maximum atomic E-state index is 11.4. The number of aromatic nitrogens is 1. The summed E-state index contributed by atoms with van der Waals surface area (Å²) in [5, 5.41) is 8.84. The normalized spacial score (nSPS) is 12.7. The second-order valence-corrected chi connectivity index (χ2v) is 6.36. The molecule has 0 aliphatic heterocycles. The van der Waals surface area contributed by atoms with Gasteiger partial charge in [-0.1, -0.05) is 25.1 Å². The van der Waals surface area contributed by atoms with Crippen LogP contribution in [0.15, 0.2) is 53.7 Å². The predicted octanol–water partition coefficient (Wildman–Crippen LogP) is 5.04. The molecule has 5 heteroatoms. The minimum atomic E-state index is -0.809. The van der Waals surface area contributed by atoms with Crippen molar-refractivity contribution in [2.45, 2.75) is 25.5 Å². The number of nitrogens with zero attached hydrogens (tertiary/aromatic N) is 2. The molecular formula is C19H20N2O2S. The van der Waals surface area contributed by atoms with Crippen LogP contribution in [0.1, 0.15) is 25.8 Å². The Labute approximate surface area is 146 Å². The first-order chi connectivity index (χ1) is 11.6. The van der Waals surface area contributed by atoms with Crippen molar-refractivity contribution in [2.75, 3.05) is 0 Å². The lowest BCUT2D eigenvalue weighted by atomic mass is 10.0. The Morgan fingerprint density at radius 2 is 2.21 bits per heavy atom. The fourth-order valence-corrected chi connectivity index (χ4v) is 3.31. The molecule has 1 aromatic carbocycles. The molecule has 0 bridgehead atoms. The number of hydrogen-bond acceptors (Lipinski definition) is 4. The lowest BCUT2D eigenvalue weighted by Crippen LogP contribution is -2.14. The number of carboxylic acids is 1. The van der Waals surface area contributed by atoms with E-state index in [0.717, 1.165) is 27.4 Å². The third-order valence-corrected chi connectivity index (χ3v) is 5.10. The Bertz CT molecular complexity index is 757. The van der Waals surface area contributed by atoms with Crippen LogP contribution in [0.4, 0.5) is 5.69 Å². The van der Waals surface area contributed by atoms with Crippen LogP contribution in [0.25, 0.3) is 16.2 Å². The molecule has 0 radical (unpaired) electrons. The number of aliphatic carboxylic acids is 1. The van der Waals surface area contributed by atoms with E-state index >= 15 is 0 Å². The summed E-state index contributed by atoms with van der Waals surface area (Å²) < 4.78 is 0. The first-order valence-corrected chi connectivity index (χ1v) is 8.57. The number of hydrogen-bond donors (Lipinski definition) is 1. The van der Waals surface area contributed by atoms with E-state index in [4.69, 9.17) is 0 Å². The molecule has 0 aliphatic rings.